The van der Waals surface area contributed by atoms with Crippen molar-refractivity contribution in [3.63, 3.8) is 0 Å². The van der Waals surface area contributed by atoms with Gasteiger partial charge in [-0.15, -0.1) is 0 Å². The topological polar surface area (TPSA) is 3.24 Å². The molecule has 0 aliphatic heterocycles. The third kappa shape index (κ3) is 2.59. The Hall–Kier alpha value is -2.28. The molecule has 112 valence electrons. The predicted molar refractivity (Wildman–Crippen MR) is 95.7 cm³/mol. The maximum Gasteiger partial charge on any atom is 0.0443 e. The van der Waals surface area contributed by atoms with E-state index in [9.17, 15) is 0 Å². The van der Waals surface area contributed by atoms with E-state index in [1.165, 1.54) is 39.1 Å². The number of likely N-dealkylation sites (N-methyl/N-ethyl adjacent to an activating group) is 1. The molecule has 0 unspecified atom stereocenters. The number of nitrogens with zero attached hydrogens (tertiary/aromatic N) is 1. The highest BCUT2D eigenvalue weighted by Gasteiger charge is 2.21. The second kappa shape index (κ2) is 5.84. The van der Waals surface area contributed by atoms with Crippen LogP contribution in [0, 0.1) is 13.8 Å². The third-order valence-corrected chi connectivity index (χ3v) is 4.40. The van der Waals surface area contributed by atoms with E-state index in [0.29, 0.717) is 0 Å². The first-order valence-corrected chi connectivity index (χ1v) is 7.82. The number of allylic oxidation sites excluding steroid dienone is 2. The Kier molecular flexibility index (Phi) is 3.89. The molecule has 1 aliphatic rings. The molecule has 0 bridgehead atoms. The molecule has 3 rings (SSSR count). The third-order valence-electron chi connectivity index (χ3n) is 4.40. The van der Waals surface area contributed by atoms with Gasteiger partial charge in [0.05, 0.1) is 0 Å². The van der Waals surface area contributed by atoms with E-state index in [2.05, 4.69) is 87.5 Å². The highest BCUT2D eigenvalue weighted by atomic mass is 15.1. The predicted octanol–water partition coefficient (Wildman–Crippen LogP) is 4.85. The van der Waals surface area contributed by atoms with Crippen molar-refractivity contribution in [2.45, 2.75) is 20.3 Å². The van der Waals surface area contributed by atoms with Gasteiger partial charge >= 0.3 is 0 Å². The van der Waals surface area contributed by atoms with E-state index in [4.69, 9.17) is 0 Å². The number of benzene rings is 2. The van der Waals surface area contributed by atoms with Crippen molar-refractivity contribution >= 4 is 11.6 Å². The molecule has 0 atom stereocenters. The second-order valence-corrected chi connectivity index (χ2v) is 6.21. The Morgan fingerprint density at radius 3 is 2.32 bits per heavy atom. The summed E-state index contributed by atoms with van der Waals surface area (Å²) in [5.74, 6) is 0. The summed E-state index contributed by atoms with van der Waals surface area (Å²) in [5, 5.41) is 0. The monoisotopic (exact) mass is 289 g/mol. The largest absolute Gasteiger partial charge is 0.377 e. The number of fused-ring (bicyclic) bond motifs is 1. The molecular weight excluding hydrogens is 266 g/mol. The quantitative estimate of drug-likeness (QED) is 0.781. The lowest BCUT2D eigenvalue weighted by Crippen LogP contribution is -2.12. The van der Waals surface area contributed by atoms with Gasteiger partial charge in [-0.25, -0.2) is 0 Å². The van der Waals surface area contributed by atoms with Crippen LogP contribution in [0.3, 0.4) is 0 Å². The summed E-state index contributed by atoms with van der Waals surface area (Å²) in [6.07, 6.45) is 5.69. The minimum atomic E-state index is 1.04. The summed E-state index contributed by atoms with van der Waals surface area (Å²) in [4.78, 5) is 2.22. The first-order valence-electron chi connectivity index (χ1n) is 7.82. The first kappa shape index (κ1) is 14.6. The van der Waals surface area contributed by atoms with Gasteiger partial charge in [0.1, 0.15) is 0 Å². The maximum atomic E-state index is 2.37. The molecule has 0 saturated heterocycles. The van der Waals surface area contributed by atoms with Crippen LogP contribution < -0.4 is 0 Å². The molecular formula is C21H23N. The SMILES string of the molecule is Cc1ccc(C)c2c1CC=C2/C(=C\c1ccccc1)N(C)C. The Balaban J connectivity index is 2.11. The smallest absolute Gasteiger partial charge is 0.0443 e. The molecule has 0 radical (unpaired) electrons. The maximum absolute atomic E-state index is 2.37. The van der Waals surface area contributed by atoms with Crippen LogP contribution in [0.4, 0.5) is 0 Å². The van der Waals surface area contributed by atoms with E-state index in [1.807, 2.05) is 0 Å². The molecule has 0 N–H and O–H groups in total. The van der Waals surface area contributed by atoms with E-state index in [-0.39, 0.29) is 0 Å². The summed E-state index contributed by atoms with van der Waals surface area (Å²) in [7, 11) is 4.25. The zero-order valence-corrected chi connectivity index (χ0v) is 13.9. The van der Waals surface area contributed by atoms with Crippen molar-refractivity contribution in [1.29, 1.82) is 0 Å². The van der Waals surface area contributed by atoms with Crippen molar-refractivity contribution in [2.24, 2.45) is 0 Å². The Labute approximate surface area is 133 Å². The van der Waals surface area contributed by atoms with Gasteiger partial charge in [0.15, 0.2) is 0 Å². The van der Waals surface area contributed by atoms with Gasteiger partial charge in [-0.2, -0.15) is 0 Å². The Morgan fingerprint density at radius 1 is 0.955 bits per heavy atom. The minimum Gasteiger partial charge on any atom is -0.377 e. The van der Waals surface area contributed by atoms with Crippen LogP contribution >= 0.6 is 0 Å². The minimum absolute atomic E-state index is 1.04. The average Bonchev–Trinajstić information content (AvgIpc) is 2.95. The zero-order valence-electron chi connectivity index (χ0n) is 13.9. The molecule has 0 heterocycles. The summed E-state index contributed by atoms with van der Waals surface area (Å²) in [5.41, 5.74) is 9.55. The van der Waals surface area contributed by atoms with Crippen molar-refractivity contribution in [2.75, 3.05) is 14.1 Å². The first-order chi connectivity index (χ1) is 10.6. The molecule has 0 amide bonds. The lowest BCUT2D eigenvalue weighted by atomic mass is 9.94. The Morgan fingerprint density at radius 2 is 1.64 bits per heavy atom. The number of rotatable bonds is 3. The van der Waals surface area contributed by atoms with Gasteiger partial charge in [-0.3, -0.25) is 0 Å². The summed E-state index contributed by atoms with van der Waals surface area (Å²) < 4.78 is 0. The summed E-state index contributed by atoms with van der Waals surface area (Å²) in [6.45, 7) is 4.43. The van der Waals surface area contributed by atoms with Gasteiger partial charge in [0, 0.05) is 25.4 Å². The lowest BCUT2D eigenvalue weighted by Gasteiger charge is -2.21. The van der Waals surface area contributed by atoms with Gasteiger partial charge < -0.3 is 4.90 Å². The fourth-order valence-corrected chi connectivity index (χ4v) is 3.20. The molecule has 2 aromatic carbocycles. The summed E-state index contributed by atoms with van der Waals surface area (Å²) in [6, 6.07) is 15.0. The highest BCUT2D eigenvalue weighted by Crippen LogP contribution is 2.38. The molecule has 0 aromatic heterocycles. The molecule has 1 heteroatoms. The molecule has 0 spiro atoms. The standard InChI is InChI=1S/C21H23N/c1-15-10-11-16(2)21-18(15)12-13-19(21)20(22(3)4)14-17-8-6-5-7-9-17/h5-11,13-14H,12H2,1-4H3/b20-14+. The zero-order chi connectivity index (χ0) is 15.7. The van der Waals surface area contributed by atoms with E-state index < -0.39 is 0 Å². The van der Waals surface area contributed by atoms with Crippen molar-refractivity contribution in [3.05, 3.63) is 82.1 Å². The molecule has 0 fully saturated rings. The molecule has 1 nitrogen and oxygen atoms in total. The Bertz CT molecular complexity index is 749. The van der Waals surface area contributed by atoms with Crippen LogP contribution in [0.2, 0.25) is 0 Å². The van der Waals surface area contributed by atoms with Crippen LogP contribution in [0.25, 0.3) is 11.6 Å². The van der Waals surface area contributed by atoms with Crippen LogP contribution in [0.5, 0.6) is 0 Å². The van der Waals surface area contributed by atoms with Crippen molar-refractivity contribution in [1.82, 2.24) is 4.90 Å². The molecule has 22 heavy (non-hydrogen) atoms. The van der Waals surface area contributed by atoms with Crippen LogP contribution in [-0.4, -0.2) is 19.0 Å². The lowest BCUT2D eigenvalue weighted by molar-refractivity contribution is 0.539. The number of hydrogen-bond acceptors (Lipinski definition) is 1. The van der Waals surface area contributed by atoms with Crippen LogP contribution in [-0.2, 0) is 6.42 Å². The molecule has 0 saturated carbocycles. The molecule has 1 aliphatic carbocycles. The van der Waals surface area contributed by atoms with E-state index >= 15 is 0 Å². The van der Waals surface area contributed by atoms with Gasteiger partial charge in [0.25, 0.3) is 0 Å². The van der Waals surface area contributed by atoms with Crippen molar-refractivity contribution in [3.8, 4) is 0 Å². The van der Waals surface area contributed by atoms with Gasteiger partial charge in [-0.1, -0.05) is 48.5 Å². The van der Waals surface area contributed by atoms with E-state index in [0.717, 1.165) is 6.42 Å². The van der Waals surface area contributed by atoms with Crippen LogP contribution in [0.1, 0.15) is 27.8 Å². The summed E-state index contributed by atoms with van der Waals surface area (Å²) >= 11 is 0. The fraction of sp³-hybridized carbons (Fsp3) is 0.238. The van der Waals surface area contributed by atoms with Crippen LogP contribution in [0.15, 0.2) is 54.2 Å². The number of aryl methyl sites for hydroxylation is 2. The van der Waals surface area contributed by atoms with E-state index in [1.54, 1.807) is 0 Å². The fourth-order valence-electron chi connectivity index (χ4n) is 3.20. The van der Waals surface area contributed by atoms with Crippen molar-refractivity contribution < 1.29 is 0 Å². The molecule has 2 aromatic rings. The van der Waals surface area contributed by atoms with Gasteiger partial charge in [-0.05, 0) is 54.2 Å². The normalized spacial score (nSPS) is 13.8. The average molecular weight is 289 g/mol. The highest BCUT2D eigenvalue weighted by molar-refractivity contribution is 5.89. The number of hydrogen-bond donors (Lipinski definition) is 0. The van der Waals surface area contributed by atoms with Gasteiger partial charge in [0.2, 0.25) is 0 Å². The second-order valence-electron chi connectivity index (χ2n) is 6.21.